The van der Waals surface area contributed by atoms with E-state index >= 15 is 0 Å². The molecule has 9 heteroatoms. The van der Waals surface area contributed by atoms with E-state index in [1.54, 1.807) is 12.1 Å². The summed E-state index contributed by atoms with van der Waals surface area (Å²) in [6.45, 7) is 1.62. The first-order chi connectivity index (χ1) is 17.0. The van der Waals surface area contributed by atoms with Crippen LogP contribution in [0.25, 0.3) is 0 Å². The molecule has 1 atom stereocenters. The number of carbonyl (C=O) groups is 1. The quantitative estimate of drug-likeness (QED) is 0.301. The average molecular weight is 565 g/mol. The molecule has 1 amide bonds. The Kier molecular flexibility index (Phi) is 10.7. The van der Waals surface area contributed by atoms with Crippen LogP contribution in [0.3, 0.4) is 0 Å². The normalized spacial score (nSPS) is 11.5. The van der Waals surface area contributed by atoms with E-state index in [4.69, 9.17) is 39.5 Å². The molecular formula is C27H25Cl4N3O2. The highest BCUT2D eigenvalue weighted by molar-refractivity contribution is 6.35. The molecule has 0 saturated heterocycles. The first-order valence-corrected chi connectivity index (χ1v) is 12.3. The largest absolute Gasteiger partial charge is 1.00 e. The molecule has 1 heterocycles. The van der Waals surface area contributed by atoms with E-state index in [1.807, 2.05) is 88.5 Å². The van der Waals surface area contributed by atoms with Gasteiger partial charge in [-0.05, 0) is 35.4 Å². The van der Waals surface area contributed by atoms with E-state index < -0.39 is 0 Å². The highest BCUT2D eigenvalue weighted by Gasteiger charge is 2.20. The smallest absolute Gasteiger partial charge is 0.262 e. The van der Waals surface area contributed by atoms with E-state index in [2.05, 4.69) is 5.32 Å². The Morgan fingerprint density at radius 2 is 1.67 bits per heavy atom. The number of aromatic nitrogens is 2. The minimum absolute atomic E-state index is 0. The van der Waals surface area contributed by atoms with Crippen LogP contribution in [0.15, 0.2) is 91.5 Å². The lowest BCUT2D eigenvalue weighted by molar-refractivity contribution is -0.684. The Balaban J connectivity index is 0.00000361. The van der Waals surface area contributed by atoms with Gasteiger partial charge in [0.2, 0.25) is 6.33 Å². The lowest BCUT2D eigenvalue weighted by Crippen LogP contribution is -3.00. The maximum atomic E-state index is 12.4. The van der Waals surface area contributed by atoms with Crippen LogP contribution >= 0.6 is 34.8 Å². The van der Waals surface area contributed by atoms with Crippen LogP contribution in [-0.2, 0) is 35.8 Å². The molecule has 0 fully saturated rings. The summed E-state index contributed by atoms with van der Waals surface area (Å²) < 4.78 is 10.1. The zero-order chi connectivity index (χ0) is 24.6. The predicted octanol–water partition coefficient (Wildman–Crippen LogP) is 3.01. The molecule has 1 aromatic heterocycles. The summed E-state index contributed by atoms with van der Waals surface area (Å²) in [7, 11) is 0. The van der Waals surface area contributed by atoms with Gasteiger partial charge in [0, 0.05) is 27.2 Å². The monoisotopic (exact) mass is 563 g/mol. The number of benzene rings is 3. The van der Waals surface area contributed by atoms with Crippen molar-refractivity contribution in [3.8, 4) is 0 Å². The predicted molar refractivity (Wildman–Crippen MR) is 138 cm³/mol. The molecule has 0 aliphatic heterocycles. The summed E-state index contributed by atoms with van der Waals surface area (Å²) in [6, 6.07) is 22.7. The van der Waals surface area contributed by atoms with Gasteiger partial charge in [0.1, 0.15) is 25.0 Å². The van der Waals surface area contributed by atoms with Crippen molar-refractivity contribution in [3.05, 3.63) is 123 Å². The van der Waals surface area contributed by atoms with Gasteiger partial charge in [-0.1, -0.05) is 83.3 Å². The lowest BCUT2D eigenvalue weighted by atomic mass is 10.1. The van der Waals surface area contributed by atoms with Crippen LogP contribution < -0.4 is 22.3 Å². The summed E-state index contributed by atoms with van der Waals surface area (Å²) in [6.07, 6.45) is 5.32. The van der Waals surface area contributed by atoms with E-state index in [-0.39, 0.29) is 31.0 Å². The van der Waals surface area contributed by atoms with Gasteiger partial charge in [-0.25, -0.2) is 9.13 Å². The lowest BCUT2D eigenvalue weighted by Gasteiger charge is -2.18. The number of hydrogen-bond donors (Lipinski definition) is 1. The first kappa shape index (κ1) is 28.0. The second kappa shape index (κ2) is 13.7. The fourth-order valence-electron chi connectivity index (χ4n) is 3.63. The molecule has 3 aromatic carbocycles. The average Bonchev–Trinajstić information content (AvgIpc) is 3.29. The van der Waals surface area contributed by atoms with Crippen LogP contribution in [0.1, 0.15) is 22.8 Å². The molecule has 0 radical (unpaired) electrons. The van der Waals surface area contributed by atoms with Crippen LogP contribution in [0.4, 0.5) is 0 Å². The number of carbonyl (C=O) groups excluding carboxylic acids is 1. The molecule has 0 aliphatic carbocycles. The van der Waals surface area contributed by atoms with E-state index in [9.17, 15) is 4.79 Å². The third-order valence-corrected chi connectivity index (χ3v) is 6.27. The van der Waals surface area contributed by atoms with E-state index in [1.165, 1.54) is 0 Å². The van der Waals surface area contributed by atoms with Crippen LogP contribution in [0.5, 0.6) is 0 Å². The number of amides is 1. The van der Waals surface area contributed by atoms with Gasteiger partial charge in [0.05, 0.1) is 6.61 Å². The zero-order valence-corrected chi connectivity index (χ0v) is 22.3. The molecule has 5 nitrogen and oxygen atoms in total. The Bertz CT molecular complexity index is 1260. The molecule has 1 unspecified atom stereocenters. The summed E-state index contributed by atoms with van der Waals surface area (Å²) in [5.74, 6) is -0.0621. The third kappa shape index (κ3) is 8.26. The van der Waals surface area contributed by atoms with Gasteiger partial charge in [-0.15, -0.1) is 0 Å². The number of nitrogens with one attached hydrogen (secondary N) is 1. The minimum atomic E-state index is -0.330. The Morgan fingerprint density at radius 3 is 2.39 bits per heavy atom. The fraction of sp³-hybridized carbons (Fsp3) is 0.185. The Labute approximate surface area is 232 Å². The summed E-state index contributed by atoms with van der Waals surface area (Å²) >= 11 is 18.6. The van der Waals surface area contributed by atoms with Crippen molar-refractivity contribution < 1.29 is 26.5 Å². The molecule has 0 spiro atoms. The fourth-order valence-corrected chi connectivity index (χ4v) is 4.29. The van der Waals surface area contributed by atoms with Crippen LogP contribution in [0, 0.1) is 0 Å². The van der Waals surface area contributed by atoms with Gasteiger partial charge < -0.3 is 22.5 Å². The van der Waals surface area contributed by atoms with Crippen molar-refractivity contribution >= 4 is 40.7 Å². The molecule has 36 heavy (non-hydrogen) atoms. The van der Waals surface area contributed by atoms with Crippen molar-refractivity contribution in [2.45, 2.75) is 32.3 Å². The molecule has 188 valence electrons. The van der Waals surface area contributed by atoms with Gasteiger partial charge in [0.25, 0.3) is 5.91 Å². The maximum absolute atomic E-state index is 12.4. The minimum Gasteiger partial charge on any atom is -1.00 e. The number of rotatable bonds is 10. The molecular weight excluding hydrogens is 540 g/mol. The number of hydrogen-bond acceptors (Lipinski definition) is 2. The van der Waals surface area contributed by atoms with Crippen LogP contribution in [-0.4, -0.2) is 10.5 Å². The van der Waals surface area contributed by atoms with Crippen molar-refractivity contribution in [3.63, 3.8) is 0 Å². The van der Waals surface area contributed by atoms with Gasteiger partial charge in [0.15, 0.2) is 6.54 Å². The number of halogens is 4. The van der Waals surface area contributed by atoms with E-state index in [0.29, 0.717) is 34.8 Å². The molecule has 4 rings (SSSR count). The number of nitrogens with zero attached hydrogens (tertiary/aromatic N) is 2. The molecule has 0 bridgehead atoms. The number of ether oxygens (including phenoxy) is 1. The highest BCUT2D eigenvalue weighted by Crippen LogP contribution is 2.30. The summed E-state index contributed by atoms with van der Waals surface area (Å²) in [4.78, 5) is 12.4. The second-order valence-corrected chi connectivity index (χ2v) is 9.42. The van der Waals surface area contributed by atoms with E-state index in [0.717, 1.165) is 16.7 Å². The number of imidazole rings is 1. The first-order valence-electron chi connectivity index (χ1n) is 11.1. The van der Waals surface area contributed by atoms with Gasteiger partial charge >= 0.3 is 0 Å². The topological polar surface area (TPSA) is 47.1 Å². The summed E-state index contributed by atoms with van der Waals surface area (Å²) in [5.41, 5.74) is 2.90. The third-order valence-electron chi connectivity index (χ3n) is 5.46. The highest BCUT2D eigenvalue weighted by atomic mass is 35.5. The standard InChI is InChI=1S/C27H24Cl3N3O2.ClH/c28-22-8-6-21(7-9-22)18-35-26(24-11-10-23(29)14-25(24)30)16-32-12-13-33(19-32)17-27(34)31-15-20-4-2-1-3-5-20;/h1-14,19,26H,15-18H2;1H. The van der Waals surface area contributed by atoms with Crippen molar-refractivity contribution in [1.29, 1.82) is 0 Å². The molecule has 0 saturated carbocycles. The molecule has 4 aromatic rings. The Hall–Kier alpha value is -2.54. The second-order valence-electron chi connectivity index (χ2n) is 8.14. The van der Waals surface area contributed by atoms with Gasteiger partial charge in [-0.3, -0.25) is 4.79 Å². The SMILES string of the molecule is O=C(C[n+]1ccn(CC(OCc2ccc(Cl)cc2)c2ccc(Cl)cc2Cl)c1)NCc1ccccc1.[Cl-]. The Morgan fingerprint density at radius 1 is 0.944 bits per heavy atom. The maximum Gasteiger partial charge on any atom is 0.262 e. The van der Waals surface area contributed by atoms with Gasteiger partial charge in [-0.2, -0.15) is 0 Å². The van der Waals surface area contributed by atoms with Crippen molar-refractivity contribution in [2.75, 3.05) is 0 Å². The van der Waals surface area contributed by atoms with Crippen molar-refractivity contribution in [1.82, 2.24) is 9.88 Å². The zero-order valence-electron chi connectivity index (χ0n) is 19.3. The molecule has 0 aliphatic rings. The van der Waals surface area contributed by atoms with Crippen LogP contribution in [0.2, 0.25) is 15.1 Å². The summed E-state index contributed by atoms with van der Waals surface area (Å²) in [5, 5.41) is 4.73. The van der Waals surface area contributed by atoms with Crippen molar-refractivity contribution in [2.24, 2.45) is 0 Å². The molecule has 1 N–H and O–H groups in total.